The predicted molar refractivity (Wildman–Crippen MR) is 75.6 cm³/mol. The summed E-state index contributed by atoms with van der Waals surface area (Å²) in [5.74, 6) is 0.875. The van der Waals surface area contributed by atoms with Crippen molar-refractivity contribution in [3.8, 4) is 5.69 Å². The lowest BCUT2D eigenvalue weighted by Gasteiger charge is -2.23. The number of ether oxygens (including phenoxy) is 1. The number of nitrogens with zero attached hydrogens (tertiary/aromatic N) is 2. The van der Waals surface area contributed by atoms with E-state index in [0.29, 0.717) is 6.10 Å². The van der Waals surface area contributed by atoms with Crippen LogP contribution < -0.4 is 5.32 Å². The van der Waals surface area contributed by atoms with Crippen LogP contribution in [0.15, 0.2) is 42.7 Å². The van der Waals surface area contributed by atoms with E-state index in [4.69, 9.17) is 4.74 Å². The second-order valence-corrected chi connectivity index (χ2v) is 4.83. The smallest absolute Gasteiger partial charge is 0.207 e. The van der Waals surface area contributed by atoms with Gasteiger partial charge in [0.05, 0.1) is 6.10 Å². The minimum absolute atomic E-state index is 0.315. The zero-order valence-electron chi connectivity index (χ0n) is 11.0. The molecule has 1 N–H and O–H groups in total. The Labute approximate surface area is 113 Å². The molecule has 1 aromatic heterocycles. The quantitative estimate of drug-likeness (QED) is 0.915. The molecule has 3 rings (SSSR count). The standard InChI is InChI=1S/C15H19N3O/c1-2-6-13(7-3-1)18-10-9-16-15(18)17-12-14-8-4-5-11-19-14/h1-3,6-7,9-10,14H,4-5,8,11-12H2,(H,16,17). The van der Waals surface area contributed by atoms with Crippen molar-refractivity contribution in [2.45, 2.75) is 25.4 Å². The van der Waals surface area contributed by atoms with Gasteiger partial charge < -0.3 is 10.1 Å². The molecule has 0 spiro atoms. The highest BCUT2D eigenvalue weighted by atomic mass is 16.5. The summed E-state index contributed by atoms with van der Waals surface area (Å²) >= 11 is 0. The average Bonchev–Trinajstić information content (AvgIpc) is 2.95. The Bertz CT molecular complexity index is 503. The van der Waals surface area contributed by atoms with E-state index in [2.05, 4.69) is 27.0 Å². The molecule has 2 aromatic rings. The molecule has 1 unspecified atom stereocenters. The normalized spacial score (nSPS) is 19.3. The molecular weight excluding hydrogens is 238 g/mol. The van der Waals surface area contributed by atoms with Crippen molar-refractivity contribution in [2.24, 2.45) is 0 Å². The molecule has 1 aliphatic rings. The van der Waals surface area contributed by atoms with Crippen LogP contribution in [0.5, 0.6) is 0 Å². The van der Waals surface area contributed by atoms with Crippen molar-refractivity contribution in [3.05, 3.63) is 42.7 Å². The van der Waals surface area contributed by atoms with Crippen LogP contribution in [0, 0.1) is 0 Å². The summed E-state index contributed by atoms with van der Waals surface area (Å²) in [4.78, 5) is 4.37. The second-order valence-electron chi connectivity index (χ2n) is 4.83. The zero-order chi connectivity index (χ0) is 12.9. The van der Waals surface area contributed by atoms with Gasteiger partial charge in [-0.05, 0) is 31.4 Å². The van der Waals surface area contributed by atoms with Crippen molar-refractivity contribution in [1.29, 1.82) is 0 Å². The van der Waals surface area contributed by atoms with E-state index < -0.39 is 0 Å². The first-order chi connectivity index (χ1) is 9.43. The molecule has 100 valence electrons. The SMILES string of the molecule is c1ccc(-n2ccnc2NCC2CCCCO2)cc1. The van der Waals surface area contributed by atoms with E-state index in [1.807, 2.05) is 30.6 Å². The number of hydrogen-bond acceptors (Lipinski definition) is 3. The lowest BCUT2D eigenvalue weighted by atomic mass is 10.1. The summed E-state index contributed by atoms with van der Waals surface area (Å²) < 4.78 is 7.78. The first kappa shape index (κ1) is 12.2. The maximum absolute atomic E-state index is 5.72. The van der Waals surface area contributed by atoms with Crippen LogP contribution in [-0.4, -0.2) is 28.8 Å². The van der Waals surface area contributed by atoms with Gasteiger partial charge in [-0.2, -0.15) is 0 Å². The van der Waals surface area contributed by atoms with Crippen LogP contribution in [0.3, 0.4) is 0 Å². The lowest BCUT2D eigenvalue weighted by molar-refractivity contribution is 0.0246. The summed E-state index contributed by atoms with van der Waals surface area (Å²) in [5, 5.41) is 3.39. The van der Waals surface area contributed by atoms with Crippen LogP contribution >= 0.6 is 0 Å². The van der Waals surface area contributed by atoms with Crippen molar-refractivity contribution in [3.63, 3.8) is 0 Å². The highest BCUT2D eigenvalue weighted by Gasteiger charge is 2.14. The van der Waals surface area contributed by atoms with E-state index in [0.717, 1.165) is 31.2 Å². The number of rotatable bonds is 4. The molecule has 2 heterocycles. The molecule has 1 aromatic carbocycles. The maximum atomic E-state index is 5.72. The molecule has 0 amide bonds. The number of anilines is 1. The van der Waals surface area contributed by atoms with Crippen LogP contribution in [0.1, 0.15) is 19.3 Å². The summed E-state index contributed by atoms with van der Waals surface area (Å²) in [5.41, 5.74) is 1.12. The number of imidazole rings is 1. The van der Waals surface area contributed by atoms with Crippen molar-refractivity contribution in [1.82, 2.24) is 9.55 Å². The third kappa shape index (κ3) is 2.96. The van der Waals surface area contributed by atoms with Gasteiger partial charge in [-0.15, -0.1) is 0 Å². The molecule has 0 bridgehead atoms. The predicted octanol–water partition coefficient (Wildman–Crippen LogP) is 2.85. The first-order valence-corrected chi connectivity index (χ1v) is 6.88. The Hall–Kier alpha value is -1.81. The summed E-state index contributed by atoms with van der Waals surface area (Å²) in [7, 11) is 0. The number of aromatic nitrogens is 2. The van der Waals surface area contributed by atoms with Crippen molar-refractivity contribution >= 4 is 5.95 Å². The summed E-state index contributed by atoms with van der Waals surface area (Å²) in [6.45, 7) is 1.71. The van der Waals surface area contributed by atoms with Gasteiger partial charge in [0.25, 0.3) is 0 Å². The fourth-order valence-corrected chi connectivity index (χ4v) is 2.40. The van der Waals surface area contributed by atoms with E-state index in [1.165, 1.54) is 12.8 Å². The molecular formula is C15H19N3O. The molecule has 1 fully saturated rings. The van der Waals surface area contributed by atoms with Crippen LogP contribution in [-0.2, 0) is 4.74 Å². The Morgan fingerprint density at radius 2 is 2.16 bits per heavy atom. The van der Waals surface area contributed by atoms with Crippen molar-refractivity contribution in [2.75, 3.05) is 18.5 Å². The van der Waals surface area contributed by atoms with Gasteiger partial charge in [-0.3, -0.25) is 4.57 Å². The minimum Gasteiger partial charge on any atom is -0.376 e. The average molecular weight is 257 g/mol. The topological polar surface area (TPSA) is 39.1 Å². The zero-order valence-corrected chi connectivity index (χ0v) is 11.0. The Balaban J connectivity index is 1.67. The lowest BCUT2D eigenvalue weighted by Crippen LogP contribution is -2.27. The molecule has 0 saturated carbocycles. The van der Waals surface area contributed by atoms with Crippen LogP contribution in [0.2, 0.25) is 0 Å². The van der Waals surface area contributed by atoms with E-state index in [1.54, 1.807) is 0 Å². The highest BCUT2D eigenvalue weighted by Crippen LogP contribution is 2.16. The second kappa shape index (κ2) is 5.89. The third-order valence-corrected chi connectivity index (χ3v) is 3.44. The van der Waals surface area contributed by atoms with Gasteiger partial charge >= 0.3 is 0 Å². The minimum atomic E-state index is 0.315. The Morgan fingerprint density at radius 1 is 1.26 bits per heavy atom. The number of hydrogen-bond donors (Lipinski definition) is 1. The number of nitrogens with one attached hydrogen (secondary N) is 1. The van der Waals surface area contributed by atoms with E-state index in [9.17, 15) is 0 Å². The van der Waals surface area contributed by atoms with E-state index >= 15 is 0 Å². The van der Waals surface area contributed by atoms with Gasteiger partial charge in [0.1, 0.15) is 0 Å². The molecule has 1 aliphatic heterocycles. The number of benzene rings is 1. The maximum Gasteiger partial charge on any atom is 0.207 e. The largest absolute Gasteiger partial charge is 0.376 e. The van der Waals surface area contributed by atoms with Gasteiger partial charge in [0, 0.05) is 31.2 Å². The van der Waals surface area contributed by atoms with Crippen molar-refractivity contribution < 1.29 is 4.74 Å². The fourth-order valence-electron chi connectivity index (χ4n) is 2.40. The Morgan fingerprint density at radius 3 is 2.95 bits per heavy atom. The van der Waals surface area contributed by atoms with Gasteiger partial charge in [-0.25, -0.2) is 4.98 Å². The molecule has 0 radical (unpaired) electrons. The van der Waals surface area contributed by atoms with Gasteiger partial charge in [0.2, 0.25) is 5.95 Å². The monoisotopic (exact) mass is 257 g/mol. The molecule has 1 saturated heterocycles. The van der Waals surface area contributed by atoms with Crippen LogP contribution in [0.4, 0.5) is 5.95 Å². The Kier molecular flexibility index (Phi) is 3.79. The summed E-state index contributed by atoms with van der Waals surface area (Å²) in [6, 6.07) is 10.2. The van der Waals surface area contributed by atoms with Gasteiger partial charge in [0.15, 0.2) is 0 Å². The highest BCUT2D eigenvalue weighted by molar-refractivity contribution is 5.41. The molecule has 0 aliphatic carbocycles. The molecule has 4 nitrogen and oxygen atoms in total. The molecule has 19 heavy (non-hydrogen) atoms. The fraction of sp³-hybridized carbons (Fsp3) is 0.400. The molecule has 4 heteroatoms. The van der Waals surface area contributed by atoms with Gasteiger partial charge in [-0.1, -0.05) is 18.2 Å². The molecule has 1 atom stereocenters. The summed E-state index contributed by atoms with van der Waals surface area (Å²) in [6.07, 6.45) is 7.69. The first-order valence-electron chi connectivity index (χ1n) is 6.88. The third-order valence-electron chi connectivity index (χ3n) is 3.44. The number of para-hydroxylation sites is 1. The van der Waals surface area contributed by atoms with Crippen LogP contribution in [0.25, 0.3) is 5.69 Å². The van der Waals surface area contributed by atoms with E-state index in [-0.39, 0.29) is 0 Å².